The van der Waals surface area contributed by atoms with E-state index in [1.54, 1.807) is 55.1 Å². The molecule has 0 spiro atoms. The normalized spacial score (nSPS) is 18.0. The Morgan fingerprint density at radius 2 is 1.84 bits per heavy atom. The topological polar surface area (TPSA) is 75.4 Å². The lowest BCUT2D eigenvalue weighted by Gasteiger charge is -2.25. The van der Waals surface area contributed by atoms with Gasteiger partial charge in [-0.3, -0.25) is 9.59 Å². The third-order valence-corrected chi connectivity index (χ3v) is 5.76. The van der Waals surface area contributed by atoms with Crippen LogP contribution in [0.15, 0.2) is 77.3 Å². The third kappa shape index (κ3) is 4.16. The zero-order valence-corrected chi connectivity index (χ0v) is 18.0. The molecule has 1 fully saturated rings. The predicted octanol–water partition coefficient (Wildman–Crippen LogP) is 4.30. The number of aryl methyl sites for hydroxylation is 1. The maximum Gasteiger partial charge on any atom is 0.295 e. The van der Waals surface area contributed by atoms with Crippen molar-refractivity contribution < 1.29 is 19.1 Å². The van der Waals surface area contributed by atoms with Crippen molar-refractivity contribution in [3.63, 3.8) is 0 Å². The van der Waals surface area contributed by atoms with E-state index in [1.165, 1.54) is 17.0 Å². The largest absolute Gasteiger partial charge is 0.507 e. The lowest BCUT2D eigenvalue weighted by Crippen LogP contribution is -2.31. The van der Waals surface area contributed by atoms with E-state index in [4.69, 9.17) is 0 Å². The third-order valence-electron chi connectivity index (χ3n) is 5.23. The highest BCUT2D eigenvalue weighted by Crippen LogP contribution is 2.40. The number of hydrogen-bond acceptors (Lipinski definition) is 4. The SMILES string of the molecule is O=C1C(=O)N(CCCn2ccnc2)[C@@H](c2ccccc2F)/C1=C(\O)c1ccc(Br)cc1. The van der Waals surface area contributed by atoms with Crippen LogP contribution in [0.2, 0.25) is 0 Å². The van der Waals surface area contributed by atoms with Crippen molar-refractivity contribution in [2.75, 3.05) is 6.54 Å². The summed E-state index contributed by atoms with van der Waals surface area (Å²) < 4.78 is 17.4. The molecule has 0 radical (unpaired) electrons. The number of aromatic nitrogens is 2. The first kappa shape index (κ1) is 21.0. The Labute approximate surface area is 186 Å². The fourth-order valence-corrected chi connectivity index (χ4v) is 4.00. The highest BCUT2D eigenvalue weighted by Gasteiger charge is 2.46. The lowest BCUT2D eigenvalue weighted by molar-refractivity contribution is -0.140. The summed E-state index contributed by atoms with van der Waals surface area (Å²) in [5.74, 6) is -2.44. The van der Waals surface area contributed by atoms with Gasteiger partial charge in [0.05, 0.1) is 17.9 Å². The Kier molecular flexibility index (Phi) is 5.99. The average Bonchev–Trinajstić information content (AvgIpc) is 3.36. The number of nitrogens with zero attached hydrogens (tertiary/aromatic N) is 3. The number of Topliss-reactive ketones (excluding diaryl/α,β-unsaturated/α-hetero) is 1. The van der Waals surface area contributed by atoms with E-state index in [2.05, 4.69) is 20.9 Å². The maximum absolute atomic E-state index is 14.7. The Hall–Kier alpha value is -3.26. The van der Waals surface area contributed by atoms with Crippen LogP contribution in [0, 0.1) is 5.82 Å². The zero-order valence-electron chi connectivity index (χ0n) is 16.4. The molecule has 0 aliphatic carbocycles. The molecule has 1 aliphatic heterocycles. The second-order valence-corrected chi connectivity index (χ2v) is 8.09. The van der Waals surface area contributed by atoms with E-state index < -0.39 is 23.5 Å². The van der Waals surface area contributed by atoms with E-state index in [-0.39, 0.29) is 23.4 Å². The number of aliphatic hydroxyl groups excluding tert-OH is 1. The molecule has 31 heavy (non-hydrogen) atoms. The van der Waals surface area contributed by atoms with Gasteiger partial charge in [0.1, 0.15) is 11.6 Å². The van der Waals surface area contributed by atoms with Crippen LogP contribution in [0.5, 0.6) is 0 Å². The Bertz CT molecular complexity index is 1140. The van der Waals surface area contributed by atoms with E-state index in [9.17, 15) is 19.1 Å². The van der Waals surface area contributed by atoms with Gasteiger partial charge in [0.25, 0.3) is 11.7 Å². The first-order chi connectivity index (χ1) is 15.0. The van der Waals surface area contributed by atoms with Crippen molar-refractivity contribution in [1.29, 1.82) is 0 Å². The van der Waals surface area contributed by atoms with Crippen LogP contribution in [-0.2, 0) is 16.1 Å². The predicted molar refractivity (Wildman–Crippen MR) is 116 cm³/mol. The fraction of sp³-hybridized carbons (Fsp3) is 0.174. The summed E-state index contributed by atoms with van der Waals surface area (Å²) in [6.45, 7) is 0.804. The Morgan fingerprint density at radius 3 is 2.52 bits per heavy atom. The number of rotatable bonds is 6. The minimum absolute atomic E-state index is 0.111. The molecule has 1 aliphatic rings. The van der Waals surface area contributed by atoms with Crippen LogP contribution in [0.1, 0.15) is 23.6 Å². The molecule has 1 amide bonds. The number of imidazole rings is 1. The van der Waals surface area contributed by atoms with Crippen molar-refractivity contribution in [2.24, 2.45) is 0 Å². The van der Waals surface area contributed by atoms with Gasteiger partial charge in [0, 0.05) is 41.1 Å². The van der Waals surface area contributed by atoms with Gasteiger partial charge >= 0.3 is 0 Å². The van der Waals surface area contributed by atoms with Gasteiger partial charge in [-0.15, -0.1) is 0 Å². The molecule has 3 aromatic rings. The molecule has 1 saturated heterocycles. The maximum atomic E-state index is 14.7. The van der Waals surface area contributed by atoms with Gasteiger partial charge in [-0.05, 0) is 24.6 Å². The zero-order chi connectivity index (χ0) is 22.0. The molecule has 6 nitrogen and oxygen atoms in total. The van der Waals surface area contributed by atoms with Crippen LogP contribution in [-0.4, -0.2) is 37.8 Å². The number of likely N-dealkylation sites (tertiary alicyclic amines) is 1. The average molecular weight is 484 g/mol. The van der Waals surface area contributed by atoms with Crippen molar-refractivity contribution >= 4 is 33.4 Å². The molecular weight excluding hydrogens is 465 g/mol. The fourth-order valence-electron chi connectivity index (χ4n) is 3.74. The van der Waals surface area contributed by atoms with Crippen LogP contribution < -0.4 is 0 Å². The number of aliphatic hydroxyl groups is 1. The van der Waals surface area contributed by atoms with Gasteiger partial charge in [0.2, 0.25) is 0 Å². The first-order valence-electron chi connectivity index (χ1n) is 9.72. The minimum atomic E-state index is -1.01. The summed E-state index contributed by atoms with van der Waals surface area (Å²) >= 11 is 3.33. The number of benzene rings is 2. The summed E-state index contributed by atoms with van der Waals surface area (Å²) in [6.07, 6.45) is 5.66. The number of ketones is 1. The van der Waals surface area contributed by atoms with Gasteiger partial charge in [-0.25, -0.2) is 9.37 Å². The lowest BCUT2D eigenvalue weighted by atomic mass is 9.95. The van der Waals surface area contributed by atoms with E-state index in [0.717, 1.165) is 4.47 Å². The Morgan fingerprint density at radius 1 is 1.10 bits per heavy atom. The summed E-state index contributed by atoms with van der Waals surface area (Å²) in [5, 5.41) is 10.9. The molecule has 1 N–H and O–H groups in total. The van der Waals surface area contributed by atoms with E-state index in [1.807, 2.05) is 4.57 Å². The molecule has 1 aromatic heterocycles. The van der Waals surface area contributed by atoms with Crippen LogP contribution in [0.3, 0.4) is 0 Å². The number of halogens is 2. The van der Waals surface area contributed by atoms with E-state index in [0.29, 0.717) is 18.5 Å². The molecular formula is C23H19BrFN3O3. The molecule has 8 heteroatoms. The molecule has 0 bridgehead atoms. The number of carbonyl (C=O) groups is 2. The van der Waals surface area contributed by atoms with Gasteiger partial charge in [-0.1, -0.05) is 46.3 Å². The smallest absolute Gasteiger partial charge is 0.295 e. The van der Waals surface area contributed by atoms with Crippen molar-refractivity contribution in [3.8, 4) is 0 Å². The van der Waals surface area contributed by atoms with Gasteiger partial charge in [0.15, 0.2) is 0 Å². The standard InChI is InChI=1S/C23H19BrFN3O3/c24-16-8-6-15(7-9-16)21(29)19-20(17-4-1-2-5-18(17)25)28(23(31)22(19)30)12-3-11-27-13-10-26-14-27/h1-2,4-10,13-14,20,29H,3,11-12H2/b21-19+/t20-/m0/s1. The molecule has 158 valence electrons. The molecule has 4 rings (SSSR count). The Balaban J connectivity index is 1.75. The van der Waals surface area contributed by atoms with Gasteiger partial charge < -0.3 is 14.6 Å². The molecule has 2 heterocycles. The quantitative estimate of drug-likeness (QED) is 0.322. The second-order valence-electron chi connectivity index (χ2n) is 7.17. The van der Waals surface area contributed by atoms with E-state index >= 15 is 0 Å². The molecule has 1 atom stereocenters. The summed E-state index contributed by atoms with van der Waals surface area (Å²) in [4.78, 5) is 31.1. The van der Waals surface area contributed by atoms with Crippen LogP contribution in [0.4, 0.5) is 4.39 Å². The van der Waals surface area contributed by atoms with Crippen LogP contribution >= 0.6 is 15.9 Å². The van der Waals surface area contributed by atoms with Gasteiger partial charge in [-0.2, -0.15) is 0 Å². The summed E-state index contributed by atoms with van der Waals surface area (Å²) in [7, 11) is 0. The van der Waals surface area contributed by atoms with Crippen molar-refractivity contribution in [1.82, 2.24) is 14.5 Å². The van der Waals surface area contributed by atoms with Crippen molar-refractivity contribution in [2.45, 2.75) is 19.0 Å². The summed E-state index contributed by atoms with van der Waals surface area (Å²) in [6, 6.07) is 11.7. The number of carbonyl (C=O) groups excluding carboxylic acids is 2. The summed E-state index contributed by atoms with van der Waals surface area (Å²) in [5.41, 5.74) is 0.434. The monoisotopic (exact) mass is 483 g/mol. The molecule has 0 saturated carbocycles. The molecule has 0 unspecified atom stereocenters. The van der Waals surface area contributed by atoms with Crippen LogP contribution in [0.25, 0.3) is 5.76 Å². The minimum Gasteiger partial charge on any atom is -0.507 e. The highest BCUT2D eigenvalue weighted by atomic mass is 79.9. The highest BCUT2D eigenvalue weighted by molar-refractivity contribution is 9.10. The number of amides is 1. The second kappa shape index (κ2) is 8.85. The number of hydrogen-bond donors (Lipinski definition) is 1. The molecule has 2 aromatic carbocycles. The van der Waals surface area contributed by atoms with Crippen molar-refractivity contribution in [3.05, 3.63) is 94.2 Å². The first-order valence-corrected chi connectivity index (χ1v) is 10.5.